The molecule has 0 saturated carbocycles. The van der Waals surface area contributed by atoms with E-state index in [4.69, 9.17) is 0 Å². The van der Waals surface area contributed by atoms with Gasteiger partial charge in [0.25, 0.3) is 0 Å². The van der Waals surface area contributed by atoms with Crippen molar-refractivity contribution in [3.05, 3.63) is 59.7 Å². The van der Waals surface area contributed by atoms with E-state index in [0.717, 1.165) is 25.1 Å². The Morgan fingerprint density at radius 2 is 1.81 bits per heavy atom. The lowest BCUT2D eigenvalue weighted by atomic mass is 9.77. The van der Waals surface area contributed by atoms with Gasteiger partial charge in [0, 0.05) is 18.6 Å². The lowest BCUT2D eigenvalue weighted by molar-refractivity contribution is -0.121. The first-order chi connectivity index (χ1) is 14.7. The van der Waals surface area contributed by atoms with Gasteiger partial charge in [0.05, 0.1) is 6.42 Å². The zero-order chi connectivity index (χ0) is 22.5. The van der Waals surface area contributed by atoms with Gasteiger partial charge >= 0.3 is 0 Å². The van der Waals surface area contributed by atoms with E-state index in [9.17, 15) is 15.0 Å². The summed E-state index contributed by atoms with van der Waals surface area (Å²) in [4.78, 5) is 15.1. The van der Waals surface area contributed by atoms with Crippen molar-refractivity contribution >= 4 is 5.91 Å². The smallest absolute Gasteiger partial charge is 0.224 e. The van der Waals surface area contributed by atoms with Crippen molar-refractivity contribution in [2.24, 2.45) is 11.8 Å². The Kier molecular flexibility index (Phi) is 7.60. The van der Waals surface area contributed by atoms with Crippen LogP contribution in [0.1, 0.15) is 51.2 Å². The van der Waals surface area contributed by atoms with Crippen LogP contribution in [-0.2, 0) is 11.2 Å². The minimum atomic E-state index is 0.0136. The van der Waals surface area contributed by atoms with Crippen molar-refractivity contribution in [1.82, 2.24) is 10.2 Å². The second kappa shape index (κ2) is 10.2. The molecule has 1 heterocycles. The minimum Gasteiger partial charge on any atom is -0.508 e. The highest BCUT2D eigenvalue weighted by Crippen LogP contribution is 2.37. The van der Waals surface area contributed by atoms with Gasteiger partial charge in [-0.15, -0.1) is 0 Å². The third kappa shape index (κ3) is 6.01. The Morgan fingerprint density at radius 3 is 2.45 bits per heavy atom. The maximum Gasteiger partial charge on any atom is 0.224 e. The Morgan fingerprint density at radius 1 is 1.10 bits per heavy atom. The molecule has 3 rings (SSSR count). The summed E-state index contributed by atoms with van der Waals surface area (Å²) in [5.41, 5.74) is 2.10. The van der Waals surface area contributed by atoms with Crippen LogP contribution in [0.5, 0.6) is 11.5 Å². The van der Waals surface area contributed by atoms with Gasteiger partial charge in [-0.1, -0.05) is 45.0 Å². The second-order valence-electron chi connectivity index (χ2n) is 9.35. The molecule has 0 aliphatic carbocycles. The standard InChI is InChI=1S/C26H36N2O3/c1-17(2)25(27-26(31)14-20-8-10-22(29)11-9-20)16-28-13-12-24(18(3)19(28)4)21-6-5-7-23(30)15-21/h5-11,15,17-19,24-25,29-30H,12-14,16H2,1-4H3,(H,27,31)/t18-,19?,24+,25+/m0/s1. The number of benzene rings is 2. The molecule has 1 aliphatic rings. The molecule has 31 heavy (non-hydrogen) atoms. The van der Waals surface area contributed by atoms with Crippen molar-refractivity contribution in [2.75, 3.05) is 13.1 Å². The van der Waals surface area contributed by atoms with Crippen molar-refractivity contribution in [2.45, 2.75) is 58.5 Å². The lowest BCUT2D eigenvalue weighted by Crippen LogP contribution is -2.53. The van der Waals surface area contributed by atoms with E-state index < -0.39 is 0 Å². The van der Waals surface area contributed by atoms with E-state index in [0.29, 0.717) is 36.0 Å². The molecule has 0 radical (unpaired) electrons. The van der Waals surface area contributed by atoms with E-state index in [1.807, 2.05) is 12.1 Å². The van der Waals surface area contributed by atoms with Gasteiger partial charge in [-0.05, 0) is 73.0 Å². The molecule has 0 aromatic heterocycles. The number of likely N-dealkylation sites (tertiary alicyclic amines) is 1. The third-order valence-corrected chi connectivity index (χ3v) is 6.88. The van der Waals surface area contributed by atoms with Gasteiger partial charge in [0.15, 0.2) is 0 Å². The van der Waals surface area contributed by atoms with E-state index >= 15 is 0 Å². The zero-order valence-corrected chi connectivity index (χ0v) is 19.1. The number of amides is 1. The molecule has 168 valence electrons. The van der Waals surface area contributed by atoms with E-state index in [-0.39, 0.29) is 17.7 Å². The van der Waals surface area contributed by atoms with Gasteiger partial charge in [-0.3, -0.25) is 9.69 Å². The van der Waals surface area contributed by atoms with Crippen LogP contribution in [0.2, 0.25) is 0 Å². The molecular weight excluding hydrogens is 388 g/mol. The fraction of sp³-hybridized carbons (Fsp3) is 0.500. The molecule has 1 fully saturated rings. The van der Waals surface area contributed by atoms with Crippen molar-refractivity contribution < 1.29 is 15.0 Å². The molecule has 2 aromatic rings. The minimum absolute atomic E-state index is 0.0136. The fourth-order valence-corrected chi connectivity index (χ4v) is 4.66. The number of hydrogen-bond donors (Lipinski definition) is 3. The molecule has 1 amide bonds. The van der Waals surface area contributed by atoms with E-state index in [2.05, 4.69) is 44.0 Å². The first-order valence-electron chi connectivity index (χ1n) is 11.3. The van der Waals surface area contributed by atoms with Gasteiger partial charge in [0.2, 0.25) is 5.91 Å². The Bertz CT molecular complexity index is 865. The molecule has 1 saturated heterocycles. The molecule has 4 atom stereocenters. The Balaban J connectivity index is 1.60. The summed E-state index contributed by atoms with van der Waals surface area (Å²) in [6.45, 7) is 10.7. The highest BCUT2D eigenvalue weighted by molar-refractivity contribution is 5.78. The van der Waals surface area contributed by atoms with Crippen LogP contribution in [-0.4, -0.2) is 46.2 Å². The summed E-state index contributed by atoms with van der Waals surface area (Å²) in [5.74, 6) is 1.77. The maximum absolute atomic E-state index is 12.7. The number of carbonyl (C=O) groups excluding carboxylic acids is 1. The van der Waals surface area contributed by atoms with Crippen LogP contribution < -0.4 is 5.32 Å². The summed E-state index contributed by atoms with van der Waals surface area (Å²) in [5, 5.41) is 22.5. The molecule has 5 heteroatoms. The van der Waals surface area contributed by atoms with Crippen molar-refractivity contribution in [3.63, 3.8) is 0 Å². The van der Waals surface area contributed by atoms with Gasteiger partial charge < -0.3 is 15.5 Å². The summed E-state index contributed by atoms with van der Waals surface area (Å²) >= 11 is 0. The van der Waals surface area contributed by atoms with Crippen LogP contribution >= 0.6 is 0 Å². The Hall–Kier alpha value is -2.53. The molecule has 3 N–H and O–H groups in total. The molecule has 0 spiro atoms. The summed E-state index contributed by atoms with van der Waals surface area (Å²) in [6, 6.07) is 14.9. The number of phenolic OH excluding ortho intramolecular Hbond substituents is 2. The van der Waals surface area contributed by atoms with Crippen molar-refractivity contribution in [1.29, 1.82) is 0 Å². The van der Waals surface area contributed by atoms with E-state index in [1.165, 1.54) is 5.56 Å². The maximum atomic E-state index is 12.7. The average molecular weight is 425 g/mol. The lowest BCUT2D eigenvalue weighted by Gasteiger charge is -2.44. The average Bonchev–Trinajstić information content (AvgIpc) is 2.72. The fourth-order valence-electron chi connectivity index (χ4n) is 4.66. The number of phenols is 2. The molecule has 1 aliphatic heterocycles. The van der Waals surface area contributed by atoms with Crippen LogP contribution in [0.4, 0.5) is 0 Å². The predicted molar refractivity (Wildman–Crippen MR) is 124 cm³/mol. The largest absolute Gasteiger partial charge is 0.508 e. The quantitative estimate of drug-likeness (QED) is 0.620. The number of hydrogen-bond acceptors (Lipinski definition) is 4. The number of nitrogens with one attached hydrogen (secondary N) is 1. The molecule has 5 nitrogen and oxygen atoms in total. The second-order valence-corrected chi connectivity index (χ2v) is 9.35. The number of nitrogens with zero attached hydrogens (tertiary/aromatic N) is 1. The predicted octanol–water partition coefficient (Wildman–Crippen LogP) is 4.30. The SMILES string of the molecule is CC(C)[C@@H](CN1CC[C@@H](c2cccc(O)c2)[C@@H](C)C1C)NC(=O)Cc1ccc(O)cc1. The number of rotatable bonds is 7. The van der Waals surface area contributed by atoms with Crippen LogP contribution in [0.3, 0.4) is 0 Å². The van der Waals surface area contributed by atoms with Crippen LogP contribution in [0.25, 0.3) is 0 Å². The number of piperidine rings is 1. The monoisotopic (exact) mass is 424 g/mol. The first kappa shape index (κ1) is 23.1. The normalized spacial score (nSPS) is 22.9. The molecular formula is C26H36N2O3. The summed E-state index contributed by atoms with van der Waals surface area (Å²) in [6.07, 6.45) is 1.36. The summed E-state index contributed by atoms with van der Waals surface area (Å²) in [7, 11) is 0. The van der Waals surface area contributed by atoms with Gasteiger partial charge in [-0.2, -0.15) is 0 Å². The van der Waals surface area contributed by atoms with Gasteiger partial charge in [0.1, 0.15) is 11.5 Å². The molecule has 2 aromatic carbocycles. The van der Waals surface area contributed by atoms with Gasteiger partial charge in [-0.25, -0.2) is 0 Å². The summed E-state index contributed by atoms with van der Waals surface area (Å²) < 4.78 is 0. The third-order valence-electron chi connectivity index (χ3n) is 6.88. The molecule has 1 unspecified atom stereocenters. The van der Waals surface area contributed by atoms with Crippen LogP contribution in [0, 0.1) is 11.8 Å². The van der Waals surface area contributed by atoms with E-state index in [1.54, 1.807) is 30.3 Å². The van der Waals surface area contributed by atoms with Crippen molar-refractivity contribution in [3.8, 4) is 11.5 Å². The Labute approximate surface area is 186 Å². The highest BCUT2D eigenvalue weighted by atomic mass is 16.3. The number of carbonyl (C=O) groups is 1. The highest BCUT2D eigenvalue weighted by Gasteiger charge is 2.34. The first-order valence-corrected chi connectivity index (χ1v) is 11.3. The molecule has 0 bridgehead atoms. The van der Waals surface area contributed by atoms with Crippen LogP contribution in [0.15, 0.2) is 48.5 Å². The zero-order valence-electron chi connectivity index (χ0n) is 19.1. The topological polar surface area (TPSA) is 72.8 Å². The number of aromatic hydroxyl groups is 2.